The zero-order valence-corrected chi connectivity index (χ0v) is 74.7. The average Bonchev–Trinajstić information content (AvgIpc) is 1.56. The summed E-state index contributed by atoms with van der Waals surface area (Å²) in [5.41, 5.74) is 44.0. The summed E-state index contributed by atoms with van der Waals surface area (Å²) in [7, 11) is 0. The lowest BCUT2D eigenvalue weighted by atomic mass is 9.94. The lowest BCUT2D eigenvalue weighted by Gasteiger charge is -2.11. The Hall–Kier alpha value is -16.0. The van der Waals surface area contributed by atoms with Crippen LogP contribution in [0.5, 0.6) is 0 Å². The molecular formula is C127H91N5. The van der Waals surface area contributed by atoms with Gasteiger partial charge in [-0.1, -0.05) is 322 Å². The van der Waals surface area contributed by atoms with Crippen LogP contribution in [0.25, 0.3) is 197 Å². The van der Waals surface area contributed by atoms with Crippen molar-refractivity contribution in [3.8, 4) is 67.3 Å². The third-order valence-corrected chi connectivity index (χ3v) is 29.6. The van der Waals surface area contributed by atoms with Gasteiger partial charge < -0.3 is 0 Å². The van der Waals surface area contributed by atoms with Crippen molar-refractivity contribution in [2.24, 2.45) is 0 Å². The first-order valence-corrected chi connectivity index (χ1v) is 46.4. The molecule has 0 aliphatic heterocycles. The van der Waals surface area contributed by atoms with E-state index in [1.54, 1.807) is 0 Å². The Morgan fingerprint density at radius 1 is 0.174 bits per heavy atom. The average molecular weight is 1690 g/mol. The van der Waals surface area contributed by atoms with Gasteiger partial charge >= 0.3 is 0 Å². The molecule has 0 amide bonds. The number of rotatable bonds is 0. The van der Waals surface area contributed by atoms with Crippen molar-refractivity contribution in [2.75, 3.05) is 0 Å². The normalized spacial score (nSPS) is 12.6. The summed E-state index contributed by atoms with van der Waals surface area (Å²) in [6.07, 6.45) is 11.8. The van der Waals surface area contributed by atoms with E-state index in [1.165, 1.54) is 269 Å². The highest BCUT2D eigenvalue weighted by Gasteiger charge is 2.30. The molecule has 624 valence electrons. The number of aromatic nitrogens is 5. The Morgan fingerprint density at radius 3 is 1.14 bits per heavy atom. The fourth-order valence-corrected chi connectivity index (χ4v) is 22.7. The first-order chi connectivity index (χ1) is 64.9. The number of benzene rings is 19. The number of nitrogens with zero attached hydrogens (tertiary/aromatic N) is 5. The molecule has 0 bridgehead atoms. The van der Waals surface area contributed by atoms with Crippen LogP contribution in [-0.4, -0.2) is 24.9 Å². The molecule has 6 aliphatic rings. The molecule has 0 saturated carbocycles. The van der Waals surface area contributed by atoms with E-state index in [0.717, 1.165) is 66.2 Å². The van der Waals surface area contributed by atoms with Crippen LogP contribution in [-0.2, 0) is 38.5 Å². The second kappa shape index (κ2) is 31.5. The van der Waals surface area contributed by atoms with Gasteiger partial charge in [-0.15, -0.1) is 0 Å². The Kier molecular flexibility index (Phi) is 18.7. The predicted molar refractivity (Wildman–Crippen MR) is 556 cm³/mol. The lowest BCUT2D eigenvalue weighted by Crippen LogP contribution is -1.94. The number of hydrogen-bond donors (Lipinski definition) is 0. The van der Waals surface area contributed by atoms with Crippen LogP contribution >= 0.6 is 0 Å². The van der Waals surface area contributed by atoms with E-state index in [0.29, 0.717) is 0 Å². The highest BCUT2D eigenvalue weighted by Crippen LogP contribution is 2.50. The maximum Gasteiger partial charge on any atom is 0.0974 e. The number of hydrogen-bond acceptors (Lipinski definition) is 5. The Labute approximate surface area is 767 Å². The van der Waals surface area contributed by atoms with Gasteiger partial charge in [0.05, 0.1) is 39.3 Å². The first-order valence-electron chi connectivity index (χ1n) is 46.4. The third-order valence-electron chi connectivity index (χ3n) is 29.6. The molecule has 0 atom stereocenters. The van der Waals surface area contributed by atoms with Crippen LogP contribution in [0.2, 0.25) is 0 Å². The third kappa shape index (κ3) is 12.9. The van der Waals surface area contributed by atoms with Crippen LogP contribution in [0.4, 0.5) is 0 Å². The smallest absolute Gasteiger partial charge is 0.0974 e. The molecule has 19 aromatic carbocycles. The van der Waals surface area contributed by atoms with Gasteiger partial charge in [0.2, 0.25) is 0 Å². The molecule has 0 N–H and O–H groups in total. The minimum atomic E-state index is 0.987. The Balaban J connectivity index is 0.0000000851. The molecule has 24 aromatic rings. The van der Waals surface area contributed by atoms with E-state index in [4.69, 9.17) is 9.97 Å². The lowest BCUT2D eigenvalue weighted by molar-refractivity contribution is 1.18. The highest BCUT2D eigenvalue weighted by atomic mass is 14.8. The molecule has 5 heteroatoms. The fourth-order valence-electron chi connectivity index (χ4n) is 22.7. The molecule has 5 aromatic heterocycles. The topological polar surface area (TPSA) is 64.5 Å². The SMILES string of the molecule is Cc1c2c(nc3c1ccc1ccccc13)-c1ccccc1C2.Cc1c2c(nc3c1ccc1cccnc13)-c1ccccc1C2.Cc1cccc2c1Cc1c-2ccc2ccc3ccccc3c12.Cc1cccc2c1Cc1cc3ccc4ccccc4c3cc1-2.Cc1ccnc2c1Cc1c-2ccc2ccc3ccccc3c12.Cc1ccnc2c1Cc1cc3ccc4ccccc4c3cc1-2. The monoisotopic (exact) mass is 1690 g/mol. The quantitative estimate of drug-likeness (QED) is 0.142. The molecule has 0 saturated heterocycles. The molecular weight excluding hydrogens is 1600 g/mol. The largest absolute Gasteiger partial charge is 0.256 e. The number of fused-ring (bicyclic) bond motifs is 38. The second-order valence-electron chi connectivity index (χ2n) is 36.8. The molecule has 0 unspecified atom stereocenters. The van der Waals surface area contributed by atoms with Gasteiger partial charge in [-0.2, -0.15) is 0 Å². The summed E-state index contributed by atoms with van der Waals surface area (Å²) in [6.45, 7) is 13.3. The summed E-state index contributed by atoms with van der Waals surface area (Å²) < 4.78 is 0. The van der Waals surface area contributed by atoms with E-state index in [-0.39, 0.29) is 0 Å². The molecule has 0 radical (unpaired) electrons. The Bertz CT molecular complexity index is 8510. The van der Waals surface area contributed by atoms with Gasteiger partial charge in [0.15, 0.2) is 0 Å². The van der Waals surface area contributed by atoms with E-state index < -0.39 is 0 Å². The van der Waals surface area contributed by atoms with Crippen LogP contribution in [0.15, 0.2) is 370 Å². The number of pyridine rings is 5. The van der Waals surface area contributed by atoms with E-state index in [2.05, 4.69) is 402 Å². The van der Waals surface area contributed by atoms with Crippen molar-refractivity contribution in [1.82, 2.24) is 24.9 Å². The summed E-state index contributed by atoms with van der Waals surface area (Å²) in [5, 5.41) is 27.7. The standard InChI is InChI=1S/2C22H16.3C21H15N.C20H14N2/c1-14-5-4-8-19-20(14)12-17-11-16-10-9-15-6-2-3-7-18(15)21(16)13-22(17)19;1-14-5-4-8-18-19-12-11-16-10-9-15-6-2-3-7-17(15)22(16)21(19)13-20(14)18;1-13-16-11-10-14-6-2-4-8-17(14)20(16)22-21-18-9-5-3-7-15(18)12-19(13)21;1-13-8-9-22-21-18(13)11-16-10-15-7-6-14-4-2-3-5-17(14)19(15)12-20(16)21;1-13-10-11-22-21-17-9-8-15-7-6-14-4-2-3-5-16(14)20(15)19(17)12-18(13)21;1-12-15-9-8-13-6-4-10-21-18(13)20(15)22-19-16-7-3-2-5-14(16)11-17(12)19/h2-11,13H,12H2,1H3;2-12H,13H2,1H3;2-11H,12H2,1H3;2-10,12H,11H2,1H3;2-11H,12H2,1H3;2-10H,11H2,1H3. The molecule has 5 heterocycles. The maximum absolute atomic E-state index is 5.09. The van der Waals surface area contributed by atoms with Crippen LogP contribution in [0, 0.1) is 41.5 Å². The van der Waals surface area contributed by atoms with Crippen molar-refractivity contribution in [3.63, 3.8) is 0 Å². The minimum absolute atomic E-state index is 0.987. The van der Waals surface area contributed by atoms with Crippen molar-refractivity contribution < 1.29 is 0 Å². The van der Waals surface area contributed by atoms with Crippen LogP contribution in [0.1, 0.15) is 100 Å². The molecule has 132 heavy (non-hydrogen) atoms. The fraction of sp³-hybridized carbons (Fsp3) is 0.0945. The maximum atomic E-state index is 5.09. The summed E-state index contributed by atoms with van der Waals surface area (Å²) >= 11 is 0. The van der Waals surface area contributed by atoms with Gasteiger partial charge in [-0.3, -0.25) is 15.0 Å². The van der Waals surface area contributed by atoms with Gasteiger partial charge in [-0.05, 0) is 299 Å². The molecule has 5 nitrogen and oxygen atoms in total. The molecule has 30 rings (SSSR count). The van der Waals surface area contributed by atoms with Gasteiger partial charge in [0.1, 0.15) is 0 Å². The van der Waals surface area contributed by atoms with Gasteiger partial charge in [0, 0.05) is 88.1 Å². The van der Waals surface area contributed by atoms with Crippen LogP contribution in [0.3, 0.4) is 0 Å². The predicted octanol–water partition coefficient (Wildman–Crippen LogP) is 32.2. The van der Waals surface area contributed by atoms with Crippen molar-refractivity contribution in [3.05, 3.63) is 471 Å². The summed E-state index contributed by atoms with van der Waals surface area (Å²) in [6, 6.07) is 127. The van der Waals surface area contributed by atoms with E-state index in [1.807, 2.05) is 24.7 Å². The molecule has 0 fully saturated rings. The van der Waals surface area contributed by atoms with Crippen molar-refractivity contribution >= 4 is 130 Å². The zero-order valence-electron chi connectivity index (χ0n) is 74.7. The molecule has 0 spiro atoms. The van der Waals surface area contributed by atoms with E-state index >= 15 is 0 Å². The summed E-state index contributed by atoms with van der Waals surface area (Å²) in [4.78, 5) is 24.0. The second-order valence-corrected chi connectivity index (χ2v) is 36.8. The Morgan fingerprint density at radius 2 is 0.545 bits per heavy atom. The highest BCUT2D eigenvalue weighted by molar-refractivity contribution is 6.16. The molecule has 6 aliphatic carbocycles. The first kappa shape index (κ1) is 78.3. The minimum Gasteiger partial charge on any atom is -0.256 e. The van der Waals surface area contributed by atoms with Crippen LogP contribution < -0.4 is 0 Å². The summed E-state index contributed by atoms with van der Waals surface area (Å²) in [5.74, 6) is 0. The zero-order chi connectivity index (χ0) is 88.1. The van der Waals surface area contributed by atoms with Gasteiger partial charge in [0.25, 0.3) is 0 Å². The van der Waals surface area contributed by atoms with Crippen molar-refractivity contribution in [2.45, 2.75) is 80.1 Å². The van der Waals surface area contributed by atoms with Crippen molar-refractivity contribution in [1.29, 1.82) is 0 Å². The van der Waals surface area contributed by atoms with E-state index in [9.17, 15) is 0 Å². The number of aryl methyl sites for hydroxylation is 6. The van der Waals surface area contributed by atoms with Gasteiger partial charge in [-0.25, -0.2) is 9.97 Å².